The van der Waals surface area contributed by atoms with Gasteiger partial charge in [-0.1, -0.05) is 17.7 Å². The van der Waals surface area contributed by atoms with E-state index in [9.17, 15) is 14.3 Å². The smallest absolute Gasteiger partial charge is 0.255 e. The van der Waals surface area contributed by atoms with Gasteiger partial charge in [0.15, 0.2) is 0 Å². The van der Waals surface area contributed by atoms with Crippen LogP contribution in [0.1, 0.15) is 23.2 Å². The van der Waals surface area contributed by atoms with Crippen molar-refractivity contribution in [3.8, 4) is 0 Å². The summed E-state index contributed by atoms with van der Waals surface area (Å²) < 4.78 is 18.8. The van der Waals surface area contributed by atoms with E-state index in [1.807, 2.05) is 0 Å². The predicted octanol–water partition coefficient (Wildman–Crippen LogP) is 2.00. The summed E-state index contributed by atoms with van der Waals surface area (Å²) in [5.41, 5.74) is -0.187. The summed E-state index contributed by atoms with van der Waals surface area (Å²) in [5, 5.41) is 12.6. The number of halogens is 2. The number of hydrogen-bond donors (Lipinski definition) is 2. The fourth-order valence-electron chi connectivity index (χ4n) is 2.27. The third-order valence-electron chi connectivity index (χ3n) is 3.47. The van der Waals surface area contributed by atoms with Crippen LogP contribution in [-0.4, -0.2) is 36.9 Å². The molecule has 0 saturated carbocycles. The van der Waals surface area contributed by atoms with E-state index >= 15 is 0 Å². The van der Waals surface area contributed by atoms with E-state index in [1.54, 1.807) is 0 Å². The number of benzene rings is 1. The normalized spacial score (nSPS) is 17.8. The van der Waals surface area contributed by atoms with Crippen LogP contribution in [0, 0.1) is 11.7 Å². The molecule has 1 aliphatic heterocycles. The molecule has 6 heteroatoms. The molecule has 0 spiro atoms. The molecule has 2 rings (SSSR count). The summed E-state index contributed by atoms with van der Waals surface area (Å²) in [4.78, 5) is 11.9. The molecule has 1 amide bonds. The Kier molecular flexibility index (Phi) is 5.34. The molecule has 1 heterocycles. The molecule has 0 aromatic heterocycles. The number of aliphatic hydroxyl groups is 1. The average molecular weight is 302 g/mol. The van der Waals surface area contributed by atoms with Gasteiger partial charge in [0.05, 0.1) is 16.7 Å². The van der Waals surface area contributed by atoms with E-state index in [0.717, 1.165) is 12.8 Å². The minimum Gasteiger partial charge on any atom is -0.391 e. The third kappa shape index (κ3) is 3.69. The molecular formula is C14H17ClFNO3. The minimum absolute atomic E-state index is 0.0584. The second-order valence-corrected chi connectivity index (χ2v) is 5.23. The SMILES string of the molecule is O=C(NC[C@H](O)C1CCOCC1)c1c(F)cccc1Cl. The van der Waals surface area contributed by atoms with Gasteiger partial charge in [-0.2, -0.15) is 0 Å². The molecule has 1 aromatic carbocycles. The number of aliphatic hydroxyl groups excluding tert-OH is 1. The molecule has 20 heavy (non-hydrogen) atoms. The first kappa shape index (κ1) is 15.2. The van der Waals surface area contributed by atoms with E-state index in [1.165, 1.54) is 18.2 Å². The Labute approximate surface area is 121 Å². The quantitative estimate of drug-likeness (QED) is 0.894. The van der Waals surface area contributed by atoms with Crippen LogP contribution in [0.25, 0.3) is 0 Å². The highest BCUT2D eigenvalue weighted by Gasteiger charge is 2.23. The maximum Gasteiger partial charge on any atom is 0.255 e. The maximum atomic E-state index is 13.6. The Morgan fingerprint density at radius 3 is 2.85 bits per heavy atom. The molecule has 1 saturated heterocycles. The van der Waals surface area contributed by atoms with E-state index in [2.05, 4.69) is 5.32 Å². The Hall–Kier alpha value is -1.17. The van der Waals surface area contributed by atoms with Gasteiger partial charge in [0, 0.05) is 19.8 Å². The molecule has 4 nitrogen and oxygen atoms in total. The van der Waals surface area contributed by atoms with Crippen molar-refractivity contribution in [1.29, 1.82) is 0 Å². The number of nitrogens with one attached hydrogen (secondary N) is 1. The first-order valence-electron chi connectivity index (χ1n) is 6.57. The van der Waals surface area contributed by atoms with Crippen LogP contribution >= 0.6 is 11.6 Å². The Bertz CT molecular complexity index is 457. The van der Waals surface area contributed by atoms with Gasteiger partial charge in [-0.05, 0) is 30.9 Å². The van der Waals surface area contributed by atoms with Gasteiger partial charge in [0.2, 0.25) is 0 Å². The lowest BCUT2D eigenvalue weighted by Crippen LogP contribution is -2.38. The first-order valence-corrected chi connectivity index (χ1v) is 6.95. The van der Waals surface area contributed by atoms with Crippen molar-refractivity contribution in [2.45, 2.75) is 18.9 Å². The lowest BCUT2D eigenvalue weighted by atomic mass is 9.94. The van der Waals surface area contributed by atoms with E-state index < -0.39 is 17.8 Å². The van der Waals surface area contributed by atoms with Crippen molar-refractivity contribution < 1.29 is 19.0 Å². The molecule has 110 valence electrons. The summed E-state index contributed by atoms with van der Waals surface area (Å²) in [6.45, 7) is 1.32. The number of carbonyl (C=O) groups is 1. The molecule has 0 bridgehead atoms. The zero-order valence-electron chi connectivity index (χ0n) is 10.9. The van der Waals surface area contributed by atoms with Gasteiger partial charge in [-0.25, -0.2) is 4.39 Å². The minimum atomic E-state index is -0.671. The van der Waals surface area contributed by atoms with Crippen LogP contribution < -0.4 is 5.32 Å². The van der Waals surface area contributed by atoms with Gasteiger partial charge in [0.1, 0.15) is 5.82 Å². The molecule has 0 aliphatic carbocycles. The number of ether oxygens (including phenoxy) is 1. The van der Waals surface area contributed by atoms with Crippen molar-refractivity contribution in [2.24, 2.45) is 5.92 Å². The van der Waals surface area contributed by atoms with Crippen LogP contribution in [0.15, 0.2) is 18.2 Å². The third-order valence-corrected chi connectivity index (χ3v) is 3.79. The van der Waals surface area contributed by atoms with Crippen molar-refractivity contribution in [1.82, 2.24) is 5.32 Å². The number of carbonyl (C=O) groups excluding carboxylic acids is 1. The summed E-state index contributed by atoms with van der Waals surface area (Å²) in [7, 11) is 0. The molecule has 1 fully saturated rings. The molecule has 0 radical (unpaired) electrons. The lowest BCUT2D eigenvalue weighted by Gasteiger charge is -2.26. The van der Waals surface area contributed by atoms with Gasteiger partial charge in [0.25, 0.3) is 5.91 Å². The molecule has 1 aliphatic rings. The van der Waals surface area contributed by atoms with Crippen molar-refractivity contribution in [2.75, 3.05) is 19.8 Å². The number of rotatable bonds is 4. The Morgan fingerprint density at radius 1 is 1.50 bits per heavy atom. The van der Waals surface area contributed by atoms with Crippen molar-refractivity contribution >= 4 is 17.5 Å². The van der Waals surface area contributed by atoms with Crippen LogP contribution in [0.4, 0.5) is 4.39 Å². The highest BCUT2D eigenvalue weighted by atomic mass is 35.5. The lowest BCUT2D eigenvalue weighted by molar-refractivity contribution is 0.00871. The molecule has 1 aromatic rings. The topological polar surface area (TPSA) is 58.6 Å². The number of amides is 1. The summed E-state index contributed by atoms with van der Waals surface area (Å²) >= 11 is 5.81. The molecule has 1 atom stereocenters. The van der Waals surface area contributed by atoms with Gasteiger partial charge in [-0.3, -0.25) is 4.79 Å². The Balaban J connectivity index is 1.91. The highest BCUT2D eigenvalue weighted by molar-refractivity contribution is 6.33. The molecule has 2 N–H and O–H groups in total. The second-order valence-electron chi connectivity index (χ2n) is 4.82. The molecule has 0 unspecified atom stereocenters. The summed E-state index contributed by atoms with van der Waals surface area (Å²) in [5.74, 6) is -1.19. The van der Waals surface area contributed by atoms with Crippen molar-refractivity contribution in [3.05, 3.63) is 34.6 Å². The average Bonchev–Trinajstić information content (AvgIpc) is 2.45. The van der Waals surface area contributed by atoms with Crippen LogP contribution in [0.3, 0.4) is 0 Å². The maximum absolute atomic E-state index is 13.6. The van der Waals surface area contributed by atoms with Gasteiger partial charge < -0.3 is 15.2 Å². The van der Waals surface area contributed by atoms with E-state index in [4.69, 9.17) is 16.3 Å². The predicted molar refractivity (Wildman–Crippen MR) is 73.3 cm³/mol. The van der Waals surface area contributed by atoms with Crippen LogP contribution in [0.2, 0.25) is 5.02 Å². The van der Waals surface area contributed by atoms with E-state index in [-0.39, 0.29) is 23.0 Å². The van der Waals surface area contributed by atoms with Gasteiger partial charge in [-0.15, -0.1) is 0 Å². The molecular weight excluding hydrogens is 285 g/mol. The van der Waals surface area contributed by atoms with Crippen molar-refractivity contribution in [3.63, 3.8) is 0 Å². The zero-order valence-corrected chi connectivity index (χ0v) is 11.7. The highest BCUT2D eigenvalue weighted by Crippen LogP contribution is 2.20. The fraction of sp³-hybridized carbons (Fsp3) is 0.500. The largest absolute Gasteiger partial charge is 0.391 e. The monoisotopic (exact) mass is 301 g/mol. The fourth-order valence-corrected chi connectivity index (χ4v) is 2.52. The number of hydrogen-bond acceptors (Lipinski definition) is 3. The Morgan fingerprint density at radius 2 is 2.20 bits per heavy atom. The summed E-state index contributed by atoms with van der Waals surface area (Å²) in [6, 6.07) is 4.06. The zero-order chi connectivity index (χ0) is 14.5. The summed E-state index contributed by atoms with van der Waals surface area (Å²) in [6.07, 6.45) is 0.864. The van der Waals surface area contributed by atoms with Crippen LogP contribution in [-0.2, 0) is 4.74 Å². The standard InChI is InChI=1S/C14H17ClFNO3/c15-10-2-1-3-11(16)13(10)14(19)17-8-12(18)9-4-6-20-7-5-9/h1-3,9,12,18H,4-8H2,(H,17,19)/t12-/m0/s1. The second kappa shape index (κ2) is 7.02. The van der Waals surface area contributed by atoms with Crippen LogP contribution in [0.5, 0.6) is 0 Å². The van der Waals surface area contributed by atoms with E-state index in [0.29, 0.717) is 13.2 Å². The van der Waals surface area contributed by atoms with Gasteiger partial charge >= 0.3 is 0 Å². The first-order chi connectivity index (χ1) is 9.59.